The highest BCUT2D eigenvalue weighted by Crippen LogP contribution is 2.47. The summed E-state index contributed by atoms with van der Waals surface area (Å²) >= 11 is 0. The molecule has 1 aliphatic rings. The number of hydrogen-bond acceptors (Lipinski definition) is 4. The highest BCUT2D eigenvalue weighted by Gasteiger charge is 2.30. The van der Waals surface area contributed by atoms with E-state index in [-0.39, 0.29) is 10.8 Å². The standard InChI is InChI=1S/C51H48N4O/c1-34-27-47-48(28-35(34)2)54(33-53(47)39-18-13-17-37(29-39)50(3,4)5)40-19-14-20-41(31-40)56-42-23-24-44-43-21-11-12-22-45(43)55(46(44)32-42)49-30-38(25-26-52-49)51(6,7)36-15-9-8-10-16-36/h8-32H,33H2,1-7H3. The predicted molar refractivity (Wildman–Crippen MR) is 234 cm³/mol. The van der Waals surface area contributed by atoms with Gasteiger partial charge in [0.2, 0.25) is 0 Å². The molecule has 0 N–H and O–H groups in total. The monoisotopic (exact) mass is 732 g/mol. The van der Waals surface area contributed by atoms with E-state index < -0.39 is 0 Å². The summed E-state index contributed by atoms with van der Waals surface area (Å²) in [5.74, 6) is 2.44. The minimum absolute atomic E-state index is 0.0598. The Morgan fingerprint density at radius 2 is 1.14 bits per heavy atom. The lowest BCUT2D eigenvalue weighted by Crippen LogP contribution is -2.24. The van der Waals surface area contributed by atoms with Gasteiger partial charge in [-0.15, -0.1) is 0 Å². The third-order valence-electron chi connectivity index (χ3n) is 11.7. The van der Waals surface area contributed by atoms with Crippen LogP contribution in [0.3, 0.4) is 0 Å². The molecule has 8 aromatic rings. The Morgan fingerprint density at radius 3 is 1.88 bits per heavy atom. The van der Waals surface area contributed by atoms with Crippen molar-refractivity contribution in [2.75, 3.05) is 16.5 Å². The lowest BCUT2D eigenvalue weighted by molar-refractivity contribution is 0.483. The molecule has 0 saturated carbocycles. The number of aryl methyl sites for hydroxylation is 2. The summed E-state index contributed by atoms with van der Waals surface area (Å²) < 4.78 is 9.00. The number of para-hydroxylation sites is 1. The van der Waals surface area contributed by atoms with Gasteiger partial charge in [-0.1, -0.05) is 101 Å². The first kappa shape index (κ1) is 35.4. The molecule has 5 nitrogen and oxygen atoms in total. The number of pyridine rings is 1. The molecule has 6 aromatic carbocycles. The summed E-state index contributed by atoms with van der Waals surface area (Å²) in [5.41, 5.74) is 13.1. The minimum atomic E-state index is -0.197. The van der Waals surface area contributed by atoms with Crippen LogP contribution in [0.15, 0.2) is 152 Å². The van der Waals surface area contributed by atoms with Crippen molar-refractivity contribution in [1.29, 1.82) is 0 Å². The molecule has 278 valence electrons. The molecule has 0 radical (unpaired) electrons. The van der Waals surface area contributed by atoms with Gasteiger partial charge in [0, 0.05) is 45.9 Å². The maximum absolute atomic E-state index is 6.73. The minimum Gasteiger partial charge on any atom is -0.457 e. The zero-order valence-electron chi connectivity index (χ0n) is 33.3. The van der Waals surface area contributed by atoms with Crippen LogP contribution >= 0.6 is 0 Å². The summed E-state index contributed by atoms with van der Waals surface area (Å²) in [5, 5.41) is 2.34. The van der Waals surface area contributed by atoms with Gasteiger partial charge in [0.05, 0.1) is 22.4 Å². The van der Waals surface area contributed by atoms with E-state index in [1.54, 1.807) is 0 Å². The summed E-state index contributed by atoms with van der Waals surface area (Å²) in [6.45, 7) is 16.5. The molecule has 3 heterocycles. The molecule has 0 atom stereocenters. The van der Waals surface area contributed by atoms with Gasteiger partial charge in [0.25, 0.3) is 0 Å². The molecule has 0 unspecified atom stereocenters. The maximum Gasteiger partial charge on any atom is 0.137 e. The van der Waals surface area contributed by atoms with Gasteiger partial charge < -0.3 is 14.5 Å². The van der Waals surface area contributed by atoms with Crippen LogP contribution in [-0.4, -0.2) is 16.2 Å². The fraction of sp³-hybridized carbons (Fsp3) is 0.196. The van der Waals surface area contributed by atoms with Crippen LogP contribution in [0.2, 0.25) is 0 Å². The van der Waals surface area contributed by atoms with Crippen molar-refractivity contribution >= 4 is 44.6 Å². The highest BCUT2D eigenvalue weighted by atomic mass is 16.5. The van der Waals surface area contributed by atoms with Crippen molar-refractivity contribution in [2.24, 2.45) is 0 Å². The Kier molecular flexibility index (Phi) is 8.50. The van der Waals surface area contributed by atoms with E-state index in [0.29, 0.717) is 6.67 Å². The van der Waals surface area contributed by atoms with E-state index in [1.807, 2.05) is 12.3 Å². The first-order valence-electron chi connectivity index (χ1n) is 19.6. The molecule has 0 saturated heterocycles. The van der Waals surface area contributed by atoms with Crippen molar-refractivity contribution in [3.8, 4) is 17.3 Å². The quantitative estimate of drug-likeness (QED) is 0.163. The summed E-state index contributed by atoms with van der Waals surface area (Å²) in [6, 6.07) is 52.1. The summed E-state index contributed by atoms with van der Waals surface area (Å²) in [4.78, 5) is 9.78. The topological polar surface area (TPSA) is 33.5 Å². The fourth-order valence-electron chi connectivity index (χ4n) is 8.16. The van der Waals surface area contributed by atoms with Gasteiger partial charge in [-0.05, 0) is 114 Å². The number of nitrogens with zero attached hydrogens (tertiary/aromatic N) is 4. The summed E-state index contributed by atoms with van der Waals surface area (Å²) in [6.07, 6.45) is 1.93. The van der Waals surface area contributed by atoms with E-state index in [0.717, 1.165) is 39.4 Å². The number of anilines is 4. The first-order chi connectivity index (χ1) is 27.0. The molecule has 2 aromatic heterocycles. The SMILES string of the molecule is Cc1cc2c(cc1C)N(c1cccc(C(C)(C)C)c1)CN2c1cccc(Oc2ccc3c4ccccc4n(-c4cc(C(C)(C)c5ccccc5)ccn4)c3c2)c1. The second-order valence-electron chi connectivity index (χ2n) is 16.7. The van der Waals surface area contributed by atoms with Crippen LogP contribution in [0.4, 0.5) is 22.7 Å². The summed E-state index contributed by atoms with van der Waals surface area (Å²) in [7, 11) is 0. The Bertz CT molecular complexity index is 2750. The van der Waals surface area contributed by atoms with Crippen molar-refractivity contribution < 1.29 is 4.74 Å². The number of rotatable bonds is 7. The molecule has 0 fully saturated rings. The average molecular weight is 733 g/mol. The van der Waals surface area contributed by atoms with E-state index in [1.165, 1.54) is 50.3 Å². The predicted octanol–water partition coefficient (Wildman–Crippen LogP) is 13.5. The smallest absolute Gasteiger partial charge is 0.137 e. The maximum atomic E-state index is 6.73. The molecule has 0 amide bonds. The molecule has 9 rings (SSSR count). The van der Waals surface area contributed by atoms with Gasteiger partial charge in [0.1, 0.15) is 24.0 Å². The van der Waals surface area contributed by atoms with E-state index in [9.17, 15) is 0 Å². The molecule has 0 aliphatic carbocycles. The Hall–Kier alpha value is -6.33. The molecule has 0 spiro atoms. The number of hydrogen-bond donors (Lipinski definition) is 0. The Labute approximate surface area is 330 Å². The lowest BCUT2D eigenvalue weighted by atomic mass is 9.78. The number of fused-ring (bicyclic) bond motifs is 4. The highest BCUT2D eigenvalue weighted by molar-refractivity contribution is 6.09. The van der Waals surface area contributed by atoms with Crippen LogP contribution in [0.1, 0.15) is 62.4 Å². The zero-order chi connectivity index (χ0) is 38.8. The van der Waals surface area contributed by atoms with Crippen molar-refractivity contribution in [2.45, 2.75) is 59.3 Å². The van der Waals surface area contributed by atoms with Crippen molar-refractivity contribution in [1.82, 2.24) is 9.55 Å². The van der Waals surface area contributed by atoms with Gasteiger partial charge >= 0.3 is 0 Å². The Morgan fingerprint density at radius 1 is 0.518 bits per heavy atom. The first-order valence-corrected chi connectivity index (χ1v) is 19.6. The fourth-order valence-corrected chi connectivity index (χ4v) is 8.16. The van der Waals surface area contributed by atoms with Gasteiger partial charge in [0.15, 0.2) is 0 Å². The normalized spacial score (nSPS) is 13.1. The van der Waals surface area contributed by atoms with E-state index in [2.05, 4.69) is 202 Å². The second kappa shape index (κ2) is 13.5. The molecule has 1 aliphatic heterocycles. The second-order valence-corrected chi connectivity index (χ2v) is 16.7. The van der Waals surface area contributed by atoms with Gasteiger partial charge in [-0.3, -0.25) is 4.57 Å². The molecule has 5 heteroatoms. The molecular weight excluding hydrogens is 685 g/mol. The van der Waals surface area contributed by atoms with Gasteiger partial charge in [-0.25, -0.2) is 4.98 Å². The lowest BCUT2D eigenvalue weighted by Gasteiger charge is -2.26. The number of benzene rings is 6. The third-order valence-corrected chi connectivity index (χ3v) is 11.7. The van der Waals surface area contributed by atoms with Crippen LogP contribution < -0.4 is 14.5 Å². The molecule has 56 heavy (non-hydrogen) atoms. The Balaban J connectivity index is 1.08. The van der Waals surface area contributed by atoms with Crippen molar-refractivity contribution in [3.63, 3.8) is 0 Å². The third kappa shape index (κ3) is 6.18. The largest absolute Gasteiger partial charge is 0.457 e. The number of ether oxygens (including phenoxy) is 1. The molecule has 0 bridgehead atoms. The van der Waals surface area contributed by atoms with Crippen LogP contribution in [-0.2, 0) is 10.8 Å². The van der Waals surface area contributed by atoms with E-state index >= 15 is 0 Å². The van der Waals surface area contributed by atoms with Crippen LogP contribution in [0, 0.1) is 13.8 Å². The van der Waals surface area contributed by atoms with Gasteiger partial charge in [-0.2, -0.15) is 0 Å². The van der Waals surface area contributed by atoms with Crippen molar-refractivity contribution in [3.05, 3.63) is 180 Å². The number of aromatic nitrogens is 2. The molecular formula is C51H48N4O. The van der Waals surface area contributed by atoms with E-state index in [4.69, 9.17) is 9.72 Å². The zero-order valence-corrected chi connectivity index (χ0v) is 33.3. The van der Waals surface area contributed by atoms with Crippen LogP contribution in [0.5, 0.6) is 11.5 Å². The average Bonchev–Trinajstić information content (AvgIpc) is 3.73. The van der Waals surface area contributed by atoms with Crippen LogP contribution in [0.25, 0.3) is 27.6 Å².